The maximum Gasteiger partial charge on any atom is 0.306 e. The van der Waals surface area contributed by atoms with E-state index in [0.717, 1.165) is 57.8 Å². The molecule has 0 aliphatic heterocycles. The molecule has 0 bridgehead atoms. The summed E-state index contributed by atoms with van der Waals surface area (Å²) in [6.45, 7) is 4.17. The maximum absolute atomic E-state index is 12.6. The van der Waals surface area contributed by atoms with E-state index in [1.807, 2.05) is 21.1 Å². The number of carbonyl (C=O) groups excluding carboxylic acids is 2. The lowest BCUT2D eigenvalue weighted by Gasteiger charge is -2.28. The highest BCUT2D eigenvalue weighted by Crippen LogP contribution is 2.38. The number of carbonyl (C=O) groups is 2. The molecule has 0 rings (SSSR count). The Hall–Kier alpha value is -1.25. The quantitative estimate of drug-likeness (QED) is 0.0211. The topological polar surface area (TPSA) is 111 Å². The third-order valence-corrected chi connectivity index (χ3v) is 9.25. The number of hydrogen-bond donors (Lipinski definition) is 0. The molecule has 0 saturated carbocycles. The van der Waals surface area contributed by atoms with E-state index in [1.54, 1.807) is 0 Å². The molecule has 0 aliphatic carbocycles. The number of rotatable bonds is 35. The predicted octanol–water partition coefficient (Wildman–Crippen LogP) is 9.61. The van der Waals surface area contributed by atoms with Crippen LogP contribution in [-0.4, -0.2) is 70.0 Å². The zero-order valence-electron chi connectivity index (χ0n) is 31.7. The Morgan fingerprint density at radius 3 is 1.60 bits per heavy atom. The molecule has 284 valence electrons. The minimum atomic E-state index is -4.61. The number of phosphoric ester groups is 1. The summed E-state index contributed by atoms with van der Waals surface area (Å²) in [5.41, 5.74) is 0. The molecule has 0 aromatic carbocycles. The Morgan fingerprint density at radius 1 is 0.625 bits per heavy atom. The SMILES string of the molecule is CCCC/C=C/CCCCCCCC(=O)O[C@H](COC(=O)CCCCCCCCCCCCCCC)COP(=O)([O-])OCC[N+](C)(C)C. The van der Waals surface area contributed by atoms with E-state index >= 15 is 0 Å². The Labute approximate surface area is 295 Å². The van der Waals surface area contributed by atoms with E-state index in [2.05, 4.69) is 26.0 Å². The average Bonchev–Trinajstić information content (AvgIpc) is 3.02. The summed E-state index contributed by atoms with van der Waals surface area (Å²) in [7, 11) is 1.16. The first-order chi connectivity index (χ1) is 23.0. The zero-order chi connectivity index (χ0) is 35.8. The fourth-order valence-electron chi connectivity index (χ4n) is 5.16. The summed E-state index contributed by atoms with van der Waals surface area (Å²) < 4.78 is 33.7. The third kappa shape index (κ3) is 34.6. The van der Waals surface area contributed by atoms with Gasteiger partial charge in [0.25, 0.3) is 7.82 Å². The lowest BCUT2D eigenvalue weighted by atomic mass is 10.0. The number of unbranched alkanes of at least 4 members (excludes halogenated alkanes) is 19. The summed E-state index contributed by atoms with van der Waals surface area (Å²) in [6.07, 6.45) is 29.5. The minimum absolute atomic E-state index is 0.0298. The largest absolute Gasteiger partial charge is 0.756 e. The van der Waals surface area contributed by atoms with Crippen LogP contribution >= 0.6 is 7.82 Å². The van der Waals surface area contributed by atoms with Gasteiger partial charge < -0.3 is 27.9 Å². The molecule has 0 amide bonds. The van der Waals surface area contributed by atoms with E-state index in [9.17, 15) is 19.0 Å². The van der Waals surface area contributed by atoms with Gasteiger partial charge in [0.2, 0.25) is 0 Å². The third-order valence-electron chi connectivity index (χ3n) is 8.29. The van der Waals surface area contributed by atoms with Crippen molar-refractivity contribution < 1.29 is 42.1 Å². The zero-order valence-corrected chi connectivity index (χ0v) is 32.6. The Kier molecular flexibility index (Phi) is 30.9. The number of allylic oxidation sites excluding steroid dienone is 2. The fraction of sp³-hybridized carbons (Fsp3) is 0.895. The van der Waals surface area contributed by atoms with E-state index in [-0.39, 0.29) is 32.0 Å². The molecule has 0 spiro atoms. The van der Waals surface area contributed by atoms with Crippen molar-refractivity contribution in [2.45, 2.75) is 174 Å². The van der Waals surface area contributed by atoms with Gasteiger partial charge in [-0.1, -0.05) is 135 Å². The van der Waals surface area contributed by atoms with Gasteiger partial charge in [-0.25, -0.2) is 0 Å². The molecule has 10 heteroatoms. The molecule has 0 radical (unpaired) electrons. The van der Waals surface area contributed by atoms with Crippen LogP contribution in [0.5, 0.6) is 0 Å². The molecule has 48 heavy (non-hydrogen) atoms. The van der Waals surface area contributed by atoms with E-state index < -0.39 is 26.5 Å². The summed E-state index contributed by atoms with van der Waals surface area (Å²) in [4.78, 5) is 37.3. The van der Waals surface area contributed by atoms with Gasteiger partial charge in [-0.15, -0.1) is 0 Å². The first-order valence-corrected chi connectivity index (χ1v) is 20.9. The van der Waals surface area contributed by atoms with E-state index in [0.29, 0.717) is 17.4 Å². The number of hydrogen-bond acceptors (Lipinski definition) is 8. The molecule has 9 nitrogen and oxygen atoms in total. The molecule has 0 aliphatic rings. The van der Waals surface area contributed by atoms with Crippen LogP contribution in [0.25, 0.3) is 0 Å². The molecule has 2 atom stereocenters. The van der Waals surface area contributed by atoms with Gasteiger partial charge >= 0.3 is 11.9 Å². The van der Waals surface area contributed by atoms with Crippen LogP contribution in [0.4, 0.5) is 0 Å². The fourth-order valence-corrected chi connectivity index (χ4v) is 5.89. The number of ether oxygens (including phenoxy) is 2. The van der Waals surface area contributed by atoms with Crippen molar-refractivity contribution in [3.05, 3.63) is 12.2 Å². The van der Waals surface area contributed by atoms with Crippen molar-refractivity contribution in [3.8, 4) is 0 Å². The van der Waals surface area contributed by atoms with Crippen molar-refractivity contribution in [2.24, 2.45) is 0 Å². The molecule has 0 aromatic rings. The van der Waals surface area contributed by atoms with Crippen LogP contribution < -0.4 is 4.89 Å². The molecular weight excluding hydrogens is 629 g/mol. The van der Waals surface area contributed by atoms with Gasteiger partial charge in [-0.05, 0) is 32.1 Å². The average molecular weight is 704 g/mol. The monoisotopic (exact) mass is 704 g/mol. The summed E-state index contributed by atoms with van der Waals surface area (Å²) >= 11 is 0. The number of phosphoric acid groups is 1. The molecule has 0 fully saturated rings. The highest BCUT2D eigenvalue weighted by Gasteiger charge is 2.21. The number of nitrogens with zero attached hydrogens (tertiary/aromatic N) is 1. The standard InChI is InChI=1S/C38H74NO8P/c1-6-8-10-12-14-16-18-19-21-22-24-26-28-30-37(40)44-34-36(35-46-48(42,43)45-33-32-39(3,4)5)47-38(41)31-29-27-25-23-20-17-15-13-11-9-7-2/h13,15,36H,6-12,14,16-35H2,1-5H3/b15-13+/t36-/m1/s1. The summed E-state index contributed by atoms with van der Waals surface area (Å²) in [6, 6.07) is 0. The smallest absolute Gasteiger partial charge is 0.306 e. The van der Waals surface area contributed by atoms with Gasteiger partial charge in [0, 0.05) is 12.8 Å². The second kappa shape index (κ2) is 31.7. The lowest BCUT2D eigenvalue weighted by molar-refractivity contribution is -0.870. The molecule has 0 aromatic heterocycles. The number of esters is 2. The van der Waals surface area contributed by atoms with E-state index in [4.69, 9.17) is 18.5 Å². The highest BCUT2D eigenvalue weighted by atomic mass is 31.2. The Balaban J connectivity index is 4.42. The van der Waals surface area contributed by atoms with Crippen LogP contribution in [0.1, 0.15) is 168 Å². The summed E-state index contributed by atoms with van der Waals surface area (Å²) in [5.74, 6) is -0.842. The van der Waals surface area contributed by atoms with Crippen LogP contribution in [0.2, 0.25) is 0 Å². The van der Waals surface area contributed by atoms with Gasteiger partial charge in [0.15, 0.2) is 6.10 Å². The normalized spacial score (nSPS) is 13.9. The van der Waals surface area contributed by atoms with Gasteiger partial charge in [0.1, 0.15) is 19.8 Å². The van der Waals surface area contributed by atoms with Crippen molar-refractivity contribution in [3.63, 3.8) is 0 Å². The molecule has 0 heterocycles. The first-order valence-electron chi connectivity index (χ1n) is 19.4. The second-order valence-electron chi connectivity index (χ2n) is 14.3. The Morgan fingerprint density at radius 2 is 1.08 bits per heavy atom. The number of quaternary nitrogens is 1. The van der Waals surface area contributed by atoms with Crippen molar-refractivity contribution in [2.75, 3.05) is 47.5 Å². The lowest BCUT2D eigenvalue weighted by Crippen LogP contribution is -2.37. The van der Waals surface area contributed by atoms with Crippen LogP contribution in [-0.2, 0) is 32.7 Å². The maximum atomic E-state index is 12.6. The van der Waals surface area contributed by atoms with Crippen LogP contribution in [0.3, 0.4) is 0 Å². The Bertz CT molecular complexity index is 845. The van der Waals surface area contributed by atoms with Crippen molar-refractivity contribution in [1.82, 2.24) is 0 Å². The molecule has 1 unspecified atom stereocenters. The second-order valence-corrected chi connectivity index (χ2v) is 15.7. The van der Waals surface area contributed by atoms with Gasteiger partial charge in [-0.3, -0.25) is 14.2 Å². The van der Waals surface area contributed by atoms with Crippen molar-refractivity contribution in [1.29, 1.82) is 0 Å². The van der Waals surface area contributed by atoms with Gasteiger partial charge in [-0.2, -0.15) is 0 Å². The first kappa shape index (κ1) is 46.8. The molecule has 0 saturated heterocycles. The molecule has 0 N–H and O–H groups in total. The minimum Gasteiger partial charge on any atom is -0.756 e. The highest BCUT2D eigenvalue weighted by molar-refractivity contribution is 7.45. The number of likely N-dealkylation sites (N-methyl/N-ethyl adjacent to an activating group) is 1. The van der Waals surface area contributed by atoms with E-state index in [1.165, 1.54) is 77.0 Å². The predicted molar refractivity (Wildman–Crippen MR) is 195 cm³/mol. The van der Waals surface area contributed by atoms with Crippen LogP contribution in [0, 0.1) is 0 Å². The summed E-state index contributed by atoms with van der Waals surface area (Å²) in [5, 5.41) is 0. The molecular formula is C38H74NO8P. The van der Waals surface area contributed by atoms with Crippen molar-refractivity contribution >= 4 is 19.8 Å². The van der Waals surface area contributed by atoms with Crippen LogP contribution in [0.15, 0.2) is 12.2 Å². The van der Waals surface area contributed by atoms with Gasteiger partial charge in [0.05, 0.1) is 27.7 Å².